The minimum absolute atomic E-state index is 0.115. The molecule has 1 aromatic carbocycles. The lowest BCUT2D eigenvalue weighted by atomic mass is 10.2. The smallest absolute Gasteiger partial charge is 0.224 e. The molecule has 1 amide bonds. The zero-order chi connectivity index (χ0) is 14.5. The standard InChI is InChI=1S/C15H17BrN2O2/c1-2-3-4-8-13(19)18-12-9-17-11-7-5-6-10(16)14(11)15(12)20/h5-7,9H,2-4,8H2,1H3,(H,17,20)(H,18,19). The van der Waals surface area contributed by atoms with Crippen LogP contribution < -0.4 is 10.7 Å². The molecule has 0 fully saturated rings. The lowest BCUT2D eigenvalue weighted by molar-refractivity contribution is -0.116. The van der Waals surface area contributed by atoms with Gasteiger partial charge in [-0.3, -0.25) is 9.59 Å². The Hall–Kier alpha value is -1.62. The number of aromatic nitrogens is 1. The maximum atomic E-state index is 12.4. The number of halogens is 1. The van der Waals surface area contributed by atoms with Gasteiger partial charge in [-0.05, 0) is 34.5 Å². The monoisotopic (exact) mass is 336 g/mol. The van der Waals surface area contributed by atoms with Gasteiger partial charge in [0.1, 0.15) is 5.69 Å². The fourth-order valence-electron chi connectivity index (χ4n) is 2.07. The maximum absolute atomic E-state index is 12.4. The quantitative estimate of drug-likeness (QED) is 0.815. The Morgan fingerprint density at radius 2 is 2.15 bits per heavy atom. The Kier molecular flexibility index (Phi) is 4.95. The van der Waals surface area contributed by atoms with Gasteiger partial charge in [0.2, 0.25) is 11.3 Å². The molecule has 0 bridgehead atoms. The van der Waals surface area contributed by atoms with Crippen molar-refractivity contribution in [2.24, 2.45) is 0 Å². The third kappa shape index (κ3) is 3.28. The van der Waals surface area contributed by atoms with Gasteiger partial charge in [0, 0.05) is 17.1 Å². The summed E-state index contributed by atoms with van der Waals surface area (Å²) in [6.45, 7) is 2.09. The summed E-state index contributed by atoms with van der Waals surface area (Å²) in [6, 6.07) is 5.49. The summed E-state index contributed by atoms with van der Waals surface area (Å²) < 4.78 is 0.721. The fraction of sp³-hybridized carbons (Fsp3) is 0.333. The lowest BCUT2D eigenvalue weighted by Crippen LogP contribution is -2.18. The molecule has 0 aliphatic rings. The molecule has 2 aromatic rings. The van der Waals surface area contributed by atoms with E-state index in [0.717, 1.165) is 29.3 Å². The summed E-state index contributed by atoms with van der Waals surface area (Å²) >= 11 is 3.37. The predicted molar refractivity (Wildman–Crippen MR) is 85.0 cm³/mol. The summed E-state index contributed by atoms with van der Waals surface area (Å²) in [5.41, 5.74) is 0.870. The van der Waals surface area contributed by atoms with Gasteiger partial charge < -0.3 is 10.3 Å². The molecule has 5 heteroatoms. The molecule has 4 nitrogen and oxygen atoms in total. The number of anilines is 1. The van der Waals surface area contributed by atoms with Crippen LogP contribution >= 0.6 is 15.9 Å². The van der Waals surface area contributed by atoms with Crippen molar-refractivity contribution in [2.45, 2.75) is 32.6 Å². The van der Waals surface area contributed by atoms with Crippen LogP contribution in [0.5, 0.6) is 0 Å². The number of carbonyl (C=O) groups excluding carboxylic acids is 1. The summed E-state index contributed by atoms with van der Waals surface area (Å²) in [6.07, 6.45) is 4.93. The summed E-state index contributed by atoms with van der Waals surface area (Å²) in [5.74, 6) is -0.115. The molecule has 0 unspecified atom stereocenters. The molecule has 2 N–H and O–H groups in total. The number of benzene rings is 1. The van der Waals surface area contributed by atoms with Crippen molar-refractivity contribution < 1.29 is 4.79 Å². The number of aromatic amines is 1. The first-order chi connectivity index (χ1) is 9.63. The first-order valence-electron chi connectivity index (χ1n) is 6.73. The third-order valence-corrected chi connectivity index (χ3v) is 3.80. The highest BCUT2D eigenvalue weighted by Crippen LogP contribution is 2.20. The zero-order valence-corrected chi connectivity index (χ0v) is 12.9. The Morgan fingerprint density at radius 1 is 1.35 bits per heavy atom. The molecular formula is C15H17BrN2O2. The minimum Gasteiger partial charge on any atom is -0.359 e. The van der Waals surface area contributed by atoms with E-state index in [9.17, 15) is 9.59 Å². The molecule has 1 heterocycles. The molecule has 0 radical (unpaired) electrons. The number of hydrogen-bond acceptors (Lipinski definition) is 2. The number of pyridine rings is 1. The van der Waals surface area contributed by atoms with E-state index in [1.807, 2.05) is 18.2 Å². The fourth-order valence-corrected chi connectivity index (χ4v) is 2.61. The Labute approximate surface area is 125 Å². The van der Waals surface area contributed by atoms with Crippen LogP contribution in [-0.2, 0) is 4.79 Å². The Bertz CT molecular complexity index is 679. The van der Waals surface area contributed by atoms with Crippen molar-refractivity contribution in [3.8, 4) is 0 Å². The number of nitrogens with one attached hydrogen (secondary N) is 2. The van der Waals surface area contributed by atoms with Crippen molar-refractivity contribution >= 4 is 38.4 Å². The second-order valence-corrected chi connectivity index (χ2v) is 5.55. The summed E-state index contributed by atoms with van der Waals surface area (Å²) in [4.78, 5) is 27.2. The van der Waals surface area contributed by atoms with E-state index in [2.05, 4.69) is 33.2 Å². The molecule has 20 heavy (non-hydrogen) atoms. The van der Waals surface area contributed by atoms with Gasteiger partial charge in [-0.15, -0.1) is 0 Å². The molecule has 2 rings (SSSR count). The van der Waals surface area contributed by atoms with E-state index >= 15 is 0 Å². The largest absolute Gasteiger partial charge is 0.359 e. The van der Waals surface area contributed by atoms with Gasteiger partial charge in [0.15, 0.2) is 0 Å². The van der Waals surface area contributed by atoms with Crippen LogP contribution in [0.25, 0.3) is 10.9 Å². The third-order valence-electron chi connectivity index (χ3n) is 3.14. The zero-order valence-electron chi connectivity index (χ0n) is 11.3. The van der Waals surface area contributed by atoms with Crippen molar-refractivity contribution in [2.75, 3.05) is 5.32 Å². The van der Waals surface area contributed by atoms with Crippen molar-refractivity contribution in [3.63, 3.8) is 0 Å². The molecular weight excluding hydrogens is 320 g/mol. The van der Waals surface area contributed by atoms with Crippen LogP contribution in [0.15, 0.2) is 33.7 Å². The van der Waals surface area contributed by atoms with Gasteiger partial charge >= 0.3 is 0 Å². The second-order valence-electron chi connectivity index (χ2n) is 4.70. The summed E-state index contributed by atoms with van der Waals surface area (Å²) in [5, 5.41) is 3.24. The molecule has 0 saturated heterocycles. The average molecular weight is 337 g/mol. The molecule has 0 saturated carbocycles. The minimum atomic E-state index is -0.171. The van der Waals surface area contributed by atoms with Crippen LogP contribution in [0.4, 0.5) is 5.69 Å². The number of H-pyrrole nitrogens is 1. The Balaban J connectivity index is 2.23. The molecule has 0 spiro atoms. The highest BCUT2D eigenvalue weighted by atomic mass is 79.9. The second kappa shape index (κ2) is 6.70. The number of unbranched alkanes of at least 4 members (excludes halogenated alkanes) is 2. The average Bonchev–Trinajstić information content (AvgIpc) is 2.42. The molecule has 0 aliphatic carbocycles. The molecule has 1 aromatic heterocycles. The lowest BCUT2D eigenvalue weighted by Gasteiger charge is -2.06. The van der Waals surface area contributed by atoms with Gasteiger partial charge in [-0.2, -0.15) is 0 Å². The van der Waals surface area contributed by atoms with Gasteiger partial charge in [-0.25, -0.2) is 0 Å². The van der Waals surface area contributed by atoms with Gasteiger partial charge in [0.25, 0.3) is 0 Å². The van der Waals surface area contributed by atoms with Crippen LogP contribution in [-0.4, -0.2) is 10.9 Å². The van der Waals surface area contributed by atoms with Crippen molar-refractivity contribution in [1.82, 2.24) is 4.98 Å². The Morgan fingerprint density at radius 3 is 2.90 bits per heavy atom. The van der Waals surface area contributed by atoms with Gasteiger partial charge in [-0.1, -0.05) is 25.8 Å². The predicted octanol–water partition coefficient (Wildman–Crippen LogP) is 3.81. The van der Waals surface area contributed by atoms with E-state index in [0.29, 0.717) is 17.5 Å². The van der Waals surface area contributed by atoms with Crippen LogP contribution in [0.1, 0.15) is 32.6 Å². The topological polar surface area (TPSA) is 62.0 Å². The van der Waals surface area contributed by atoms with E-state index in [1.165, 1.54) is 0 Å². The molecule has 0 aliphatic heterocycles. The van der Waals surface area contributed by atoms with Crippen molar-refractivity contribution in [3.05, 3.63) is 39.1 Å². The van der Waals surface area contributed by atoms with E-state index in [1.54, 1.807) is 6.20 Å². The number of rotatable bonds is 5. The van der Waals surface area contributed by atoms with Crippen LogP contribution in [0, 0.1) is 0 Å². The van der Waals surface area contributed by atoms with E-state index < -0.39 is 0 Å². The molecule has 106 valence electrons. The highest BCUT2D eigenvalue weighted by Gasteiger charge is 2.10. The number of carbonyl (C=O) groups is 1. The number of hydrogen-bond donors (Lipinski definition) is 2. The molecule has 0 atom stereocenters. The maximum Gasteiger partial charge on any atom is 0.224 e. The SMILES string of the molecule is CCCCCC(=O)Nc1c[nH]c2cccc(Br)c2c1=O. The van der Waals surface area contributed by atoms with Crippen LogP contribution in [0.3, 0.4) is 0 Å². The van der Waals surface area contributed by atoms with E-state index in [4.69, 9.17) is 0 Å². The number of fused-ring (bicyclic) bond motifs is 1. The van der Waals surface area contributed by atoms with Crippen LogP contribution in [0.2, 0.25) is 0 Å². The number of amides is 1. The first kappa shape index (κ1) is 14.8. The summed E-state index contributed by atoms with van der Waals surface area (Å²) in [7, 11) is 0. The van der Waals surface area contributed by atoms with Crippen molar-refractivity contribution in [1.29, 1.82) is 0 Å². The van der Waals surface area contributed by atoms with E-state index in [-0.39, 0.29) is 11.3 Å². The highest BCUT2D eigenvalue weighted by molar-refractivity contribution is 9.10. The normalized spacial score (nSPS) is 10.7. The first-order valence-corrected chi connectivity index (χ1v) is 7.52. The van der Waals surface area contributed by atoms with Gasteiger partial charge in [0.05, 0.1) is 10.9 Å².